The van der Waals surface area contributed by atoms with Crippen molar-refractivity contribution in [1.29, 1.82) is 0 Å². The minimum Gasteiger partial charge on any atom is -0.489 e. The van der Waals surface area contributed by atoms with Gasteiger partial charge in [-0.15, -0.1) is 0 Å². The van der Waals surface area contributed by atoms with Gasteiger partial charge in [-0.3, -0.25) is 38.7 Å². The average molecular weight is 469 g/mol. The fourth-order valence-electron chi connectivity index (χ4n) is 4.11. The van der Waals surface area contributed by atoms with Gasteiger partial charge >= 0.3 is 17.9 Å². The lowest BCUT2D eigenvalue weighted by Crippen LogP contribution is -2.46. The molecular formula is C21H31N3O9. The first kappa shape index (κ1) is 26.4. The summed E-state index contributed by atoms with van der Waals surface area (Å²) in [5.41, 5.74) is -0.998. The minimum atomic E-state index is -1.03. The van der Waals surface area contributed by atoms with Crippen molar-refractivity contribution in [2.45, 2.75) is 25.7 Å². The molecule has 12 heteroatoms. The third-order valence-corrected chi connectivity index (χ3v) is 5.73. The molecule has 0 unspecified atom stereocenters. The van der Waals surface area contributed by atoms with Gasteiger partial charge in [0, 0.05) is 26.2 Å². The molecule has 12 nitrogen and oxygen atoms in total. The van der Waals surface area contributed by atoms with Gasteiger partial charge in [-0.1, -0.05) is 0 Å². The van der Waals surface area contributed by atoms with E-state index in [0.717, 1.165) is 0 Å². The molecule has 0 saturated carbocycles. The lowest BCUT2D eigenvalue weighted by atomic mass is 9.88. The van der Waals surface area contributed by atoms with Crippen LogP contribution in [0.2, 0.25) is 0 Å². The Labute approximate surface area is 190 Å². The maximum atomic E-state index is 12.3. The summed E-state index contributed by atoms with van der Waals surface area (Å²) in [6, 6.07) is 0. The Balaban J connectivity index is 2.29. The van der Waals surface area contributed by atoms with Crippen LogP contribution in [0.4, 0.5) is 0 Å². The maximum Gasteiger partial charge on any atom is 0.317 e. The number of carbonyl (C=O) groups is 3. The monoisotopic (exact) mass is 469 g/mol. The van der Waals surface area contributed by atoms with E-state index in [1.165, 1.54) is 0 Å². The number of hydrogen-bond acceptors (Lipinski definition) is 9. The second kappa shape index (κ2) is 12.4. The second-order valence-corrected chi connectivity index (χ2v) is 8.12. The summed E-state index contributed by atoms with van der Waals surface area (Å²) in [7, 11) is 0. The quantitative estimate of drug-likeness (QED) is 0.367. The molecule has 1 aromatic rings. The molecule has 0 atom stereocenters. The SMILES string of the molecule is CCOc1c(C2CCN(CC(=O)O)CCN(CC(=O)O)CCN(CC(=O)O)CC2)c(=O)c1=O. The number of aliphatic carboxylic acids is 3. The predicted octanol–water partition coefficient (Wildman–Crippen LogP) is -1.28. The third-order valence-electron chi connectivity index (χ3n) is 5.73. The molecular weight excluding hydrogens is 438 g/mol. The minimum absolute atomic E-state index is 0.0433. The summed E-state index contributed by atoms with van der Waals surface area (Å²) < 4.78 is 5.36. The normalized spacial score (nSPS) is 18.5. The van der Waals surface area contributed by atoms with E-state index < -0.39 is 28.8 Å². The van der Waals surface area contributed by atoms with E-state index in [9.17, 15) is 39.3 Å². The van der Waals surface area contributed by atoms with Gasteiger partial charge in [0.15, 0.2) is 5.75 Å². The second-order valence-electron chi connectivity index (χ2n) is 8.12. The molecule has 33 heavy (non-hydrogen) atoms. The number of ether oxygens (including phenoxy) is 1. The van der Waals surface area contributed by atoms with Crippen LogP contribution in [0.5, 0.6) is 5.75 Å². The van der Waals surface area contributed by atoms with Crippen LogP contribution in [0.3, 0.4) is 0 Å². The molecule has 1 fully saturated rings. The Kier molecular flexibility index (Phi) is 9.95. The van der Waals surface area contributed by atoms with Gasteiger partial charge in [-0.25, -0.2) is 0 Å². The molecule has 2 rings (SSSR count). The Hall–Kier alpha value is -2.83. The summed E-state index contributed by atoms with van der Waals surface area (Å²) in [6.45, 7) is 2.95. The number of nitrogens with zero attached hydrogens (tertiary/aromatic N) is 3. The maximum absolute atomic E-state index is 12.3. The van der Waals surface area contributed by atoms with Gasteiger partial charge < -0.3 is 20.1 Å². The summed E-state index contributed by atoms with van der Waals surface area (Å²) in [6.07, 6.45) is 0.746. The summed E-state index contributed by atoms with van der Waals surface area (Å²) >= 11 is 0. The lowest BCUT2D eigenvalue weighted by Gasteiger charge is -2.32. The highest BCUT2D eigenvalue weighted by Crippen LogP contribution is 2.29. The van der Waals surface area contributed by atoms with Crippen LogP contribution >= 0.6 is 0 Å². The van der Waals surface area contributed by atoms with Crippen LogP contribution in [-0.4, -0.2) is 113 Å². The third kappa shape index (κ3) is 7.91. The van der Waals surface area contributed by atoms with E-state index >= 15 is 0 Å². The predicted molar refractivity (Wildman–Crippen MR) is 117 cm³/mol. The Morgan fingerprint density at radius 3 is 1.52 bits per heavy atom. The first-order valence-electron chi connectivity index (χ1n) is 10.9. The van der Waals surface area contributed by atoms with Gasteiger partial charge in [-0.05, 0) is 38.8 Å². The first-order valence-corrected chi connectivity index (χ1v) is 10.9. The van der Waals surface area contributed by atoms with E-state index in [2.05, 4.69) is 0 Å². The van der Waals surface area contributed by atoms with Crippen molar-refractivity contribution in [3.63, 3.8) is 0 Å². The topological polar surface area (TPSA) is 165 Å². The van der Waals surface area contributed by atoms with E-state index in [0.29, 0.717) is 25.9 Å². The number of hydrogen-bond donors (Lipinski definition) is 3. The molecule has 184 valence electrons. The highest BCUT2D eigenvalue weighted by molar-refractivity contribution is 5.69. The van der Waals surface area contributed by atoms with Crippen LogP contribution < -0.4 is 15.6 Å². The van der Waals surface area contributed by atoms with Crippen molar-refractivity contribution in [2.24, 2.45) is 0 Å². The molecule has 0 bridgehead atoms. The fourth-order valence-corrected chi connectivity index (χ4v) is 4.11. The molecule has 0 aliphatic carbocycles. The highest BCUT2D eigenvalue weighted by atomic mass is 16.5. The van der Waals surface area contributed by atoms with Crippen molar-refractivity contribution < 1.29 is 34.4 Å². The molecule has 1 aliphatic heterocycles. The first-order chi connectivity index (χ1) is 15.6. The number of carboxylic acids is 3. The van der Waals surface area contributed by atoms with Crippen LogP contribution in [0, 0.1) is 0 Å². The average Bonchev–Trinajstić information content (AvgIpc) is 2.73. The molecule has 0 spiro atoms. The lowest BCUT2D eigenvalue weighted by molar-refractivity contribution is -0.140. The van der Waals surface area contributed by atoms with Gasteiger partial charge in [0.25, 0.3) is 5.43 Å². The van der Waals surface area contributed by atoms with Crippen molar-refractivity contribution >= 4 is 17.9 Å². The zero-order chi connectivity index (χ0) is 24.5. The van der Waals surface area contributed by atoms with E-state index in [1.807, 2.05) is 0 Å². The van der Waals surface area contributed by atoms with Crippen LogP contribution in [0.25, 0.3) is 0 Å². The summed E-state index contributed by atoms with van der Waals surface area (Å²) in [5, 5.41) is 27.7. The highest BCUT2D eigenvalue weighted by Gasteiger charge is 2.30. The van der Waals surface area contributed by atoms with E-state index in [4.69, 9.17) is 4.74 Å². The largest absolute Gasteiger partial charge is 0.489 e. The smallest absolute Gasteiger partial charge is 0.317 e. The molecule has 1 heterocycles. The van der Waals surface area contributed by atoms with Gasteiger partial charge in [0.2, 0.25) is 5.43 Å². The standard InChI is InChI=1S/C21H31N3O9/c1-2-33-21-18(19(31)20(21)32)14-3-5-22(11-15(25)26)7-9-24(13-17(29)30)10-8-23(6-4-14)12-16(27)28/h14H,2-13H2,1H3,(H,25,26)(H,27,28)(H,29,30). The Morgan fingerprint density at radius 1 is 0.758 bits per heavy atom. The van der Waals surface area contributed by atoms with E-state index in [-0.39, 0.29) is 69.7 Å². The molecule has 1 aromatic carbocycles. The van der Waals surface area contributed by atoms with Gasteiger partial charge in [-0.2, -0.15) is 0 Å². The van der Waals surface area contributed by atoms with Crippen molar-refractivity contribution in [3.05, 3.63) is 26.0 Å². The van der Waals surface area contributed by atoms with Crippen LogP contribution in [0.1, 0.15) is 31.2 Å². The Bertz CT molecular complexity index is 877. The number of rotatable bonds is 9. The molecule has 0 amide bonds. The van der Waals surface area contributed by atoms with Gasteiger partial charge in [0.1, 0.15) is 0 Å². The Morgan fingerprint density at radius 2 is 1.15 bits per heavy atom. The van der Waals surface area contributed by atoms with E-state index in [1.54, 1.807) is 21.6 Å². The molecule has 0 radical (unpaired) electrons. The van der Waals surface area contributed by atoms with Crippen molar-refractivity contribution in [2.75, 3.05) is 65.5 Å². The summed E-state index contributed by atoms with van der Waals surface area (Å²) in [4.78, 5) is 63.1. The fraction of sp³-hybridized carbons (Fsp3) is 0.667. The molecule has 1 saturated heterocycles. The van der Waals surface area contributed by atoms with Crippen LogP contribution in [0.15, 0.2) is 9.59 Å². The molecule has 3 N–H and O–H groups in total. The van der Waals surface area contributed by atoms with Crippen LogP contribution in [-0.2, 0) is 14.4 Å². The molecule has 0 aromatic heterocycles. The summed E-state index contributed by atoms with van der Waals surface area (Å²) in [5.74, 6) is -3.43. The number of carboxylic acid groups (broad SMARTS) is 3. The zero-order valence-corrected chi connectivity index (χ0v) is 18.7. The van der Waals surface area contributed by atoms with Crippen molar-refractivity contribution in [3.8, 4) is 5.75 Å². The van der Waals surface area contributed by atoms with Crippen molar-refractivity contribution in [1.82, 2.24) is 14.7 Å². The molecule has 1 aliphatic rings. The zero-order valence-electron chi connectivity index (χ0n) is 18.7. The van der Waals surface area contributed by atoms with Gasteiger partial charge in [0.05, 0.1) is 31.8 Å².